The van der Waals surface area contributed by atoms with E-state index in [2.05, 4.69) is 23.3 Å². The molecule has 0 bridgehead atoms. The van der Waals surface area contributed by atoms with Gasteiger partial charge in [-0.25, -0.2) is 4.98 Å². The Morgan fingerprint density at radius 3 is 2.92 bits per heavy atom. The molecule has 6 heteroatoms. The third-order valence-corrected chi connectivity index (χ3v) is 5.43. The van der Waals surface area contributed by atoms with E-state index in [1.54, 1.807) is 24.3 Å². The molecule has 0 fully saturated rings. The van der Waals surface area contributed by atoms with Crippen LogP contribution in [0.15, 0.2) is 35.4 Å². The van der Waals surface area contributed by atoms with Gasteiger partial charge in [0.2, 0.25) is 5.91 Å². The number of hydrogen-bond acceptors (Lipinski definition) is 4. The molecule has 1 heterocycles. The number of anilines is 1. The predicted molar refractivity (Wildman–Crippen MR) is 101 cm³/mol. The first kappa shape index (κ1) is 17.8. The second kappa shape index (κ2) is 7.90. The van der Waals surface area contributed by atoms with Crippen LogP contribution in [-0.2, 0) is 17.6 Å². The maximum absolute atomic E-state index is 12.1. The van der Waals surface area contributed by atoms with E-state index in [0.717, 1.165) is 25.0 Å². The molecule has 2 aromatic rings. The average Bonchev–Trinajstić information content (AvgIpc) is 2.61. The van der Waals surface area contributed by atoms with Crippen LogP contribution in [0.5, 0.6) is 0 Å². The number of pyridine rings is 1. The van der Waals surface area contributed by atoms with Crippen molar-refractivity contribution in [3.63, 3.8) is 0 Å². The van der Waals surface area contributed by atoms with Gasteiger partial charge in [-0.15, -0.1) is 0 Å². The first-order valence-electron chi connectivity index (χ1n) is 8.16. The monoisotopic (exact) mass is 371 g/mol. The normalized spacial score (nSPS) is 16.0. The van der Waals surface area contributed by atoms with Crippen LogP contribution in [0.1, 0.15) is 30.2 Å². The quantitative estimate of drug-likeness (QED) is 0.805. The fourth-order valence-corrected chi connectivity index (χ4v) is 3.78. The lowest BCUT2D eigenvalue weighted by Gasteiger charge is -2.21. The first-order chi connectivity index (χ1) is 12.0. The van der Waals surface area contributed by atoms with E-state index in [-0.39, 0.29) is 11.7 Å². The molecule has 1 aliphatic carbocycles. The van der Waals surface area contributed by atoms with Crippen LogP contribution in [0.25, 0.3) is 0 Å². The molecule has 0 spiro atoms. The SMILES string of the molecule is CC1CCc2nc(SCC(=O)Nc3ccc(Cl)cc3)c(C#N)cc2C1. The number of hydrogen-bond donors (Lipinski definition) is 1. The predicted octanol–water partition coefficient (Wildman–Crippen LogP) is 4.46. The topological polar surface area (TPSA) is 65.8 Å². The number of benzene rings is 1. The van der Waals surface area contributed by atoms with Crippen molar-refractivity contribution in [1.82, 2.24) is 4.98 Å². The molecule has 0 radical (unpaired) electrons. The zero-order chi connectivity index (χ0) is 17.8. The molecule has 1 N–H and O–H groups in total. The smallest absolute Gasteiger partial charge is 0.234 e. The van der Waals surface area contributed by atoms with Gasteiger partial charge in [-0.1, -0.05) is 30.3 Å². The maximum atomic E-state index is 12.1. The van der Waals surface area contributed by atoms with Crippen molar-refractivity contribution in [3.05, 3.63) is 52.2 Å². The van der Waals surface area contributed by atoms with Gasteiger partial charge in [0.25, 0.3) is 0 Å². The van der Waals surface area contributed by atoms with Crippen LogP contribution in [0.2, 0.25) is 5.02 Å². The van der Waals surface area contributed by atoms with Gasteiger partial charge >= 0.3 is 0 Å². The van der Waals surface area contributed by atoms with Gasteiger partial charge < -0.3 is 5.32 Å². The summed E-state index contributed by atoms with van der Waals surface area (Å²) in [5.41, 5.74) is 3.49. The average molecular weight is 372 g/mol. The maximum Gasteiger partial charge on any atom is 0.234 e. The summed E-state index contributed by atoms with van der Waals surface area (Å²) in [7, 11) is 0. The number of fused-ring (bicyclic) bond motifs is 1. The van der Waals surface area contributed by atoms with Crippen molar-refractivity contribution in [2.75, 3.05) is 11.1 Å². The van der Waals surface area contributed by atoms with Crippen LogP contribution in [-0.4, -0.2) is 16.6 Å². The Morgan fingerprint density at radius 1 is 1.44 bits per heavy atom. The van der Waals surface area contributed by atoms with Crippen molar-refractivity contribution in [2.45, 2.75) is 31.2 Å². The molecule has 1 aromatic carbocycles. The highest BCUT2D eigenvalue weighted by Crippen LogP contribution is 2.29. The minimum Gasteiger partial charge on any atom is -0.325 e. The number of nitrogens with one attached hydrogen (secondary N) is 1. The highest BCUT2D eigenvalue weighted by molar-refractivity contribution is 8.00. The summed E-state index contributed by atoms with van der Waals surface area (Å²) in [5.74, 6) is 0.702. The number of thioether (sulfide) groups is 1. The highest BCUT2D eigenvalue weighted by Gasteiger charge is 2.19. The molecular formula is C19H18ClN3OS. The zero-order valence-electron chi connectivity index (χ0n) is 13.9. The summed E-state index contributed by atoms with van der Waals surface area (Å²) in [6.07, 6.45) is 3.03. The van der Waals surface area contributed by atoms with Gasteiger partial charge in [-0.2, -0.15) is 5.26 Å². The summed E-state index contributed by atoms with van der Waals surface area (Å²) in [4.78, 5) is 16.8. The molecule has 128 valence electrons. The number of rotatable bonds is 4. The molecule has 3 rings (SSSR count). The Hall–Kier alpha value is -2.03. The van der Waals surface area contributed by atoms with E-state index < -0.39 is 0 Å². The number of aromatic nitrogens is 1. The van der Waals surface area contributed by atoms with Gasteiger partial charge in [0.15, 0.2) is 0 Å². The molecule has 1 aliphatic rings. The van der Waals surface area contributed by atoms with Crippen molar-refractivity contribution in [2.24, 2.45) is 5.92 Å². The third kappa shape index (κ3) is 4.53. The molecule has 4 nitrogen and oxygen atoms in total. The van der Waals surface area contributed by atoms with Gasteiger partial charge in [-0.3, -0.25) is 4.79 Å². The van der Waals surface area contributed by atoms with Gasteiger partial charge in [0.1, 0.15) is 11.1 Å². The lowest BCUT2D eigenvalue weighted by atomic mass is 9.87. The van der Waals surface area contributed by atoms with E-state index in [9.17, 15) is 10.1 Å². The number of nitrogens with zero attached hydrogens (tertiary/aromatic N) is 2. The van der Waals surface area contributed by atoms with Gasteiger partial charge in [-0.05, 0) is 61.1 Å². The number of nitriles is 1. The summed E-state index contributed by atoms with van der Waals surface area (Å²) < 4.78 is 0. The standard InChI is InChI=1S/C19H18ClN3OS/c1-12-2-7-17-13(8-12)9-14(10-21)19(23-17)25-11-18(24)22-16-5-3-15(20)4-6-16/h3-6,9,12H,2,7-8,11H2,1H3,(H,22,24). The van der Waals surface area contributed by atoms with E-state index in [1.807, 2.05) is 6.07 Å². The number of halogens is 1. The number of carbonyl (C=O) groups is 1. The molecule has 0 saturated carbocycles. The fourth-order valence-electron chi connectivity index (χ4n) is 2.88. The van der Waals surface area contributed by atoms with E-state index in [1.165, 1.54) is 17.3 Å². The first-order valence-corrected chi connectivity index (χ1v) is 9.52. The molecule has 1 aromatic heterocycles. The third-order valence-electron chi connectivity index (χ3n) is 4.19. The molecule has 1 amide bonds. The lowest BCUT2D eigenvalue weighted by molar-refractivity contribution is -0.113. The summed E-state index contributed by atoms with van der Waals surface area (Å²) in [6.45, 7) is 2.22. The molecule has 0 aliphatic heterocycles. The minimum absolute atomic E-state index is 0.135. The van der Waals surface area contributed by atoms with Crippen LogP contribution < -0.4 is 5.32 Å². The Labute approximate surface area is 156 Å². The summed E-state index contributed by atoms with van der Waals surface area (Å²) >= 11 is 7.14. The Balaban J connectivity index is 1.67. The van der Waals surface area contributed by atoms with Crippen molar-refractivity contribution in [1.29, 1.82) is 5.26 Å². The zero-order valence-corrected chi connectivity index (χ0v) is 15.5. The number of aryl methyl sites for hydroxylation is 1. The fraction of sp³-hybridized carbons (Fsp3) is 0.316. The van der Waals surface area contributed by atoms with E-state index in [4.69, 9.17) is 11.6 Å². The lowest BCUT2D eigenvalue weighted by Crippen LogP contribution is -2.16. The highest BCUT2D eigenvalue weighted by atomic mass is 35.5. The molecule has 1 unspecified atom stereocenters. The second-order valence-electron chi connectivity index (χ2n) is 6.25. The summed E-state index contributed by atoms with van der Waals surface area (Å²) in [6, 6.07) is 11.1. The molecular weight excluding hydrogens is 354 g/mol. The number of amides is 1. The van der Waals surface area contributed by atoms with Gasteiger partial charge in [0, 0.05) is 16.4 Å². The number of carbonyl (C=O) groups excluding carboxylic acids is 1. The second-order valence-corrected chi connectivity index (χ2v) is 7.65. The molecule has 25 heavy (non-hydrogen) atoms. The van der Waals surface area contributed by atoms with Crippen molar-refractivity contribution >= 4 is 35.0 Å². The van der Waals surface area contributed by atoms with Crippen LogP contribution in [0.4, 0.5) is 5.69 Å². The van der Waals surface area contributed by atoms with E-state index >= 15 is 0 Å². The van der Waals surface area contributed by atoms with Crippen LogP contribution >= 0.6 is 23.4 Å². The largest absolute Gasteiger partial charge is 0.325 e. The van der Waals surface area contributed by atoms with Crippen LogP contribution in [0, 0.1) is 17.2 Å². The van der Waals surface area contributed by atoms with E-state index in [0.29, 0.717) is 27.2 Å². The van der Waals surface area contributed by atoms with Crippen molar-refractivity contribution in [3.8, 4) is 6.07 Å². The molecule has 0 saturated heterocycles. The minimum atomic E-state index is -0.135. The van der Waals surface area contributed by atoms with Gasteiger partial charge in [0.05, 0.1) is 11.3 Å². The van der Waals surface area contributed by atoms with Crippen LogP contribution in [0.3, 0.4) is 0 Å². The van der Waals surface area contributed by atoms with Crippen molar-refractivity contribution < 1.29 is 4.79 Å². The Bertz CT molecular complexity index is 830. The Morgan fingerprint density at radius 2 is 2.20 bits per heavy atom. The summed E-state index contributed by atoms with van der Waals surface area (Å²) in [5, 5.41) is 13.5. The Kier molecular flexibility index (Phi) is 5.62. The molecule has 1 atom stereocenters.